The minimum Gasteiger partial charge on any atom is -0.507 e. The van der Waals surface area contributed by atoms with Crippen molar-refractivity contribution in [2.24, 2.45) is 0 Å². The monoisotopic (exact) mass is 573 g/mol. The first kappa shape index (κ1) is 30.4. The lowest BCUT2D eigenvalue weighted by Crippen LogP contribution is -2.03. The second-order valence-electron chi connectivity index (χ2n) is 10.1. The fourth-order valence-corrected chi connectivity index (χ4v) is 4.43. The Hall–Kier alpha value is -4.53. The highest BCUT2D eigenvalue weighted by molar-refractivity contribution is 5.77. The Bertz CT molecular complexity index is 1370. The molecule has 42 heavy (non-hydrogen) atoms. The molecule has 4 rings (SSSR count). The quantitative estimate of drug-likeness (QED) is 0.160. The van der Waals surface area contributed by atoms with Gasteiger partial charge in [0.25, 0.3) is 0 Å². The molecule has 0 aliphatic heterocycles. The topological polar surface area (TPSA) is 127 Å². The van der Waals surface area contributed by atoms with Crippen molar-refractivity contribution in [3.8, 4) is 68.7 Å². The molecular weight excluding hydrogens is 534 g/mol. The Morgan fingerprint density at radius 1 is 0.476 bits per heavy atom. The highest BCUT2D eigenvalue weighted by Crippen LogP contribution is 2.41. The molecule has 0 bridgehead atoms. The molecule has 4 aromatic rings. The van der Waals surface area contributed by atoms with Crippen molar-refractivity contribution in [1.29, 1.82) is 0 Å². The van der Waals surface area contributed by atoms with Crippen molar-refractivity contribution < 1.29 is 29.5 Å². The number of aromatic hydroxyl groups is 3. The summed E-state index contributed by atoms with van der Waals surface area (Å²) in [6.07, 6.45) is 2.50. The first-order chi connectivity index (χ1) is 20.2. The van der Waals surface area contributed by atoms with Crippen molar-refractivity contribution in [1.82, 2.24) is 15.0 Å². The van der Waals surface area contributed by atoms with Gasteiger partial charge in [-0.25, -0.2) is 15.0 Å². The predicted molar refractivity (Wildman–Crippen MR) is 163 cm³/mol. The van der Waals surface area contributed by atoms with Crippen LogP contribution in [0, 0.1) is 20.8 Å². The largest absolute Gasteiger partial charge is 0.507 e. The number of benzene rings is 3. The minimum atomic E-state index is -0.0286. The molecule has 0 aliphatic rings. The summed E-state index contributed by atoms with van der Waals surface area (Å²) in [5, 5.41) is 33.5. The predicted octanol–water partition coefficient (Wildman–Crippen LogP) is 7.28. The van der Waals surface area contributed by atoms with Crippen LogP contribution in [-0.2, 0) is 0 Å². The molecule has 0 amide bonds. The van der Waals surface area contributed by atoms with Gasteiger partial charge < -0.3 is 29.5 Å². The minimum absolute atomic E-state index is 0.0286. The SMILES string of the molecule is CCCOc1ccc(-c2nc(-c3ccc(OCCC)c(C)c3O)nc(-c3ccc(OCCC)c(C)c3O)n2)c(O)c1C. The molecule has 9 nitrogen and oxygen atoms in total. The molecule has 1 aromatic heterocycles. The molecule has 0 saturated carbocycles. The number of hydrogen-bond acceptors (Lipinski definition) is 9. The maximum absolute atomic E-state index is 11.2. The highest BCUT2D eigenvalue weighted by Gasteiger charge is 2.22. The molecule has 0 saturated heterocycles. The molecule has 3 aromatic carbocycles. The van der Waals surface area contributed by atoms with Gasteiger partial charge in [0, 0.05) is 16.7 Å². The number of rotatable bonds is 12. The van der Waals surface area contributed by atoms with Crippen LogP contribution in [0.4, 0.5) is 0 Å². The van der Waals surface area contributed by atoms with Gasteiger partial charge in [-0.1, -0.05) is 20.8 Å². The van der Waals surface area contributed by atoms with Gasteiger partial charge in [0.2, 0.25) is 0 Å². The first-order valence-corrected chi connectivity index (χ1v) is 14.3. The van der Waals surface area contributed by atoms with E-state index in [1.165, 1.54) is 0 Å². The van der Waals surface area contributed by atoms with Gasteiger partial charge in [-0.15, -0.1) is 0 Å². The van der Waals surface area contributed by atoms with E-state index < -0.39 is 0 Å². The highest BCUT2D eigenvalue weighted by atomic mass is 16.5. The summed E-state index contributed by atoms with van der Waals surface area (Å²) in [6, 6.07) is 10.4. The van der Waals surface area contributed by atoms with Crippen LogP contribution in [0.5, 0.6) is 34.5 Å². The summed E-state index contributed by atoms with van der Waals surface area (Å²) < 4.78 is 17.3. The maximum atomic E-state index is 11.2. The number of phenolic OH excluding ortho intramolecular Hbond substituents is 3. The van der Waals surface area contributed by atoms with E-state index in [4.69, 9.17) is 14.2 Å². The van der Waals surface area contributed by atoms with Crippen LogP contribution in [0.1, 0.15) is 56.7 Å². The van der Waals surface area contributed by atoms with Crippen molar-refractivity contribution in [3.63, 3.8) is 0 Å². The molecular formula is C33H39N3O6. The van der Waals surface area contributed by atoms with E-state index in [-0.39, 0.29) is 34.7 Å². The average Bonchev–Trinajstić information content (AvgIpc) is 2.99. The molecule has 0 radical (unpaired) electrons. The number of ether oxygens (including phenoxy) is 3. The van der Waals surface area contributed by atoms with Crippen LogP contribution in [0.2, 0.25) is 0 Å². The number of phenols is 3. The van der Waals surface area contributed by atoms with Crippen molar-refractivity contribution in [3.05, 3.63) is 53.1 Å². The van der Waals surface area contributed by atoms with Crippen LogP contribution in [0.25, 0.3) is 34.2 Å². The van der Waals surface area contributed by atoms with E-state index in [2.05, 4.69) is 15.0 Å². The lowest BCUT2D eigenvalue weighted by atomic mass is 10.1. The molecule has 0 aliphatic carbocycles. The zero-order valence-corrected chi connectivity index (χ0v) is 25.1. The summed E-state index contributed by atoms with van der Waals surface area (Å²) >= 11 is 0. The molecule has 9 heteroatoms. The Balaban J connectivity index is 1.92. The molecule has 3 N–H and O–H groups in total. The lowest BCUT2D eigenvalue weighted by molar-refractivity contribution is 0.313. The molecule has 1 heterocycles. The van der Waals surface area contributed by atoms with E-state index in [1.54, 1.807) is 57.2 Å². The standard InChI is InChI=1S/C33H39N3O6/c1-7-16-40-25-13-10-22(28(37)19(25)4)31-34-32(23-11-14-26(41-17-8-2)20(5)29(23)38)36-33(35-31)24-12-15-27(42-18-9-3)21(6)30(24)39/h10-15,37-39H,7-9,16-18H2,1-6H3. The van der Waals surface area contributed by atoms with Gasteiger partial charge in [0.05, 0.1) is 36.5 Å². The molecule has 0 spiro atoms. The Morgan fingerprint density at radius 2 is 0.738 bits per heavy atom. The average molecular weight is 574 g/mol. The van der Waals surface area contributed by atoms with Crippen LogP contribution in [0.3, 0.4) is 0 Å². The van der Waals surface area contributed by atoms with E-state index in [9.17, 15) is 15.3 Å². The van der Waals surface area contributed by atoms with Crippen molar-refractivity contribution >= 4 is 0 Å². The van der Waals surface area contributed by atoms with Crippen molar-refractivity contribution in [2.45, 2.75) is 60.8 Å². The molecule has 222 valence electrons. The fraction of sp³-hybridized carbons (Fsp3) is 0.364. The Kier molecular flexibility index (Phi) is 9.72. The van der Waals surface area contributed by atoms with E-state index in [0.29, 0.717) is 70.4 Å². The maximum Gasteiger partial charge on any atom is 0.167 e. The Labute approximate surface area is 246 Å². The molecule has 0 unspecified atom stereocenters. The summed E-state index contributed by atoms with van der Waals surface area (Å²) in [4.78, 5) is 14.0. The summed E-state index contributed by atoms with van der Waals surface area (Å²) in [6.45, 7) is 12.9. The second-order valence-corrected chi connectivity index (χ2v) is 10.1. The zero-order valence-electron chi connectivity index (χ0n) is 25.1. The van der Waals surface area contributed by atoms with Gasteiger partial charge >= 0.3 is 0 Å². The van der Waals surface area contributed by atoms with Crippen LogP contribution in [0.15, 0.2) is 36.4 Å². The third kappa shape index (κ3) is 6.20. The summed E-state index contributed by atoms with van der Waals surface area (Å²) in [5.74, 6) is 2.13. The molecule has 0 atom stereocenters. The van der Waals surface area contributed by atoms with Crippen molar-refractivity contribution in [2.75, 3.05) is 19.8 Å². The van der Waals surface area contributed by atoms with Crippen LogP contribution < -0.4 is 14.2 Å². The number of aromatic nitrogens is 3. The van der Waals surface area contributed by atoms with Crippen LogP contribution in [-0.4, -0.2) is 50.1 Å². The van der Waals surface area contributed by atoms with Gasteiger partial charge in [0.15, 0.2) is 17.5 Å². The van der Waals surface area contributed by atoms with Gasteiger partial charge in [-0.2, -0.15) is 0 Å². The Morgan fingerprint density at radius 3 is 0.976 bits per heavy atom. The van der Waals surface area contributed by atoms with Gasteiger partial charge in [0.1, 0.15) is 34.5 Å². The molecule has 0 fully saturated rings. The second kappa shape index (κ2) is 13.4. The summed E-state index contributed by atoms with van der Waals surface area (Å²) in [7, 11) is 0. The van der Waals surface area contributed by atoms with E-state index in [1.807, 2.05) is 20.8 Å². The smallest absolute Gasteiger partial charge is 0.167 e. The van der Waals surface area contributed by atoms with E-state index in [0.717, 1.165) is 19.3 Å². The van der Waals surface area contributed by atoms with E-state index >= 15 is 0 Å². The zero-order chi connectivity index (χ0) is 30.4. The first-order valence-electron chi connectivity index (χ1n) is 14.3. The normalized spacial score (nSPS) is 11.0. The summed E-state index contributed by atoms with van der Waals surface area (Å²) in [5.41, 5.74) is 2.74. The fourth-order valence-electron chi connectivity index (χ4n) is 4.43. The van der Waals surface area contributed by atoms with Gasteiger partial charge in [-0.05, 0) is 76.4 Å². The third-order valence-electron chi connectivity index (χ3n) is 6.89. The van der Waals surface area contributed by atoms with Crippen LogP contribution >= 0.6 is 0 Å². The number of nitrogens with zero attached hydrogens (tertiary/aromatic N) is 3. The third-order valence-corrected chi connectivity index (χ3v) is 6.89. The van der Waals surface area contributed by atoms with Gasteiger partial charge in [-0.3, -0.25) is 0 Å². The lowest BCUT2D eigenvalue weighted by Gasteiger charge is -2.16. The number of hydrogen-bond donors (Lipinski definition) is 3.